The van der Waals surface area contributed by atoms with E-state index < -0.39 is 10.9 Å². The molecule has 0 radical (unpaired) electrons. The molecule has 0 bridgehead atoms. The number of benzene rings is 2. The van der Waals surface area contributed by atoms with Crippen molar-refractivity contribution in [1.82, 2.24) is 5.32 Å². The van der Waals surface area contributed by atoms with Crippen LogP contribution in [0.1, 0.15) is 21.5 Å². The molecule has 114 valence electrons. The first-order valence-corrected chi connectivity index (χ1v) is 6.83. The summed E-state index contributed by atoms with van der Waals surface area (Å²) in [6.07, 6.45) is 0.591. The average molecular weight is 300 g/mol. The molecule has 0 atom stereocenters. The number of rotatable bonds is 7. The monoisotopic (exact) mass is 300 g/mol. The van der Waals surface area contributed by atoms with E-state index in [0.29, 0.717) is 13.0 Å². The Labute approximate surface area is 127 Å². The minimum absolute atomic E-state index is 0.286. The molecule has 0 saturated heterocycles. The van der Waals surface area contributed by atoms with Crippen molar-refractivity contribution >= 4 is 11.7 Å². The lowest BCUT2D eigenvalue weighted by Crippen LogP contribution is -2.16. The highest BCUT2D eigenvalue weighted by Crippen LogP contribution is 2.20. The third-order valence-corrected chi connectivity index (χ3v) is 3.25. The molecule has 0 aliphatic rings. The molecule has 2 rings (SSSR count). The largest absolute Gasteiger partial charge is 0.477 e. The van der Waals surface area contributed by atoms with Gasteiger partial charge < -0.3 is 10.4 Å². The summed E-state index contributed by atoms with van der Waals surface area (Å²) in [5, 5.41) is 23.1. The molecular formula is C16H16N2O4. The molecule has 6 heteroatoms. The number of nitro benzene ring substituents is 1. The van der Waals surface area contributed by atoms with E-state index in [-0.39, 0.29) is 11.3 Å². The number of hydrogen-bond donors (Lipinski definition) is 2. The second-order valence-electron chi connectivity index (χ2n) is 4.83. The molecule has 2 aromatic carbocycles. The molecule has 2 N–H and O–H groups in total. The molecule has 0 aliphatic heterocycles. The van der Waals surface area contributed by atoms with Gasteiger partial charge in [0.1, 0.15) is 5.56 Å². The molecule has 0 heterocycles. The van der Waals surface area contributed by atoms with Gasteiger partial charge in [0.15, 0.2) is 0 Å². The Balaban J connectivity index is 1.94. The van der Waals surface area contributed by atoms with Crippen molar-refractivity contribution in [3.8, 4) is 0 Å². The van der Waals surface area contributed by atoms with Crippen molar-refractivity contribution in [2.24, 2.45) is 0 Å². The summed E-state index contributed by atoms with van der Waals surface area (Å²) in [5.74, 6) is -1.29. The van der Waals surface area contributed by atoms with E-state index in [4.69, 9.17) is 5.11 Å². The Morgan fingerprint density at radius 1 is 1.14 bits per heavy atom. The van der Waals surface area contributed by atoms with Gasteiger partial charge in [-0.3, -0.25) is 10.1 Å². The predicted molar refractivity (Wildman–Crippen MR) is 81.9 cm³/mol. The van der Waals surface area contributed by atoms with E-state index in [1.807, 2.05) is 30.3 Å². The normalized spacial score (nSPS) is 10.4. The fraction of sp³-hybridized carbons (Fsp3) is 0.188. The fourth-order valence-electron chi connectivity index (χ4n) is 2.13. The molecule has 0 aliphatic carbocycles. The third-order valence-electron chi connectivity index (χ3n) is 3.25. The van der Waals surface area contributed by atoms with E-state index in [9.17, 15) is 14.9 Å². The Kier molecular flexibility index (Phi) is 5.21. The molecule has 0 fully saturated rings. The number of nitrogens with zero attached hydrogens (tertiary/aromatic N) is 1. The van der Waals surface area contributed by atoms with Gasteiger partial charge in [0, 0.05) is 12.6 Å². The van der Waals surface area contributed by atoms with Gasteiger partial charge in [-0.25, -0.2) is 4.79 Å². The fourth-order valence-corrected chi connectivity index (χ4v) is 2.13. The lowest BCUT2D eigenvalue weighted by atomic mass is 10.1. The second-order valence-corrected chi connectivity index (χ2v) is 4.83. The number of hydrogen-bond acceptors (Lipinski definition) is 4. The van der Waals surface area contributed by atoms with E-state index in [1.165, 1.54) is 12.1 Å². The molecule has 0 spiro atoms. The molecule has 0 unspecified atom stereocenters. The maximum atomic E-state index is 10.9. The lowest BCUT2D eigenvalue weighted by Gasteiger charge is -2.06. The average Bonchev–Trinajstić information content (AvgIpc) is 2.52. The Bertz CT molecular complexity index is 671. The topological polar surface area (TPSA) is 92.5 Å². The summed E-state index contributed by atoms with van der Waals surface area (Å²) in [7, 11) is 0. The van der Waals surface area contributed by atoms with Gasteiger partial charge in [-0.2, -0.15) is 0 Å². The van der Waals surface area contributed by atoms with Crippen LogP contribution >= 0.6 is 0 Å². The minimum atomic E-state index is -1.29. The molecule has 0 saturated carbocycles. The van der Waals surface area contributed by atoms with Crippen molar-refractivity contribution in [2.75, 3.05) is 6.54 Å². The first kappa shape index (κ1) is 15.7. The van der Waals surface area contributed by atoms with Gasteiger partial charge in [-0.1, -0.05) is 36.4 Å². The van der Waals surface area contributed by atoms with Crippen molar-refractivity contribution in [2.45, 2.75) is 13.0 Å². The van der Waals surface area contributed by atoms with E-state index in [1.54, 1.807) is 6.07 Å². The van der Waals surface area contributed by atoms with Crippen LogP contribution in [0.2, 0.25) is 0 Å². The van der Waals surface area contributed by atoms with Crippen LogP contribution in [0.25, 0.3) is 0 Å². The van der Waals surface area contributed by atoms with Crippen molar-refractivity contribution in [1.29, 1.82) is 0 Å². The third kappa shape index (κ3) is 4.13. The minimum Gasteiger partial charge on any atom is -0.477 e. The summed E-state index contributed by atoms with van der Waals surface area (Å²) in [6, 6.07) is 14.1. The summed E-state index contributed by atoms with van der Waals surface area (Å²) in [4.78, 5) is 21.2. The number of nitro groups is 1. The molecule has 0 amide bonds. The van der Waals surface area contributed by atoms with Crippen LogP contribution in [-0.2, 0) is 13.0 Å². The van der Waals surface area contributed by atoms with Crippen LogP contribution in [0, 0.1) is 10.1 Å². The Morgan fingerprint density at radius 3 is 2.50 bits per heavy atom. The maximum absolute atomic E-state index is 10.9. The molecular weight excluding hydrogens is 284 g/mol. The number of carbonyl (C=O) groups is 1. The maximum Gasteiger partial charge on any atom is 0.342 e. The summed E-state index contributed by atoms with van der Waals surface area (Å²) >= 11 is 0. The summed E-state index contributed by atoms with van der Waals surface area (Å²) < 4.78 is 0. The zero-order valence-electron chi connectivity index (χ0n) is 11.9. The van der Waals surface area contributed by atoms with Crippen LogP contribution in [0.3, 0.4) is 0 Å². The van der Waals surface area contributed by atoms with Crippen molar-refractivity contribution < 1.29 is 14.8 Å². The highest BCUT2D eigenvalue weighted by atomic mass is 16.6. The van der Waals surface area contributed by atoms with Gasteiger partial charge in [0.2, 0.25) is 0 Å². The molecule has 2 aromatic rings. The second kappa shape index (κ2) is 7.33. The summed E-state index contributed by atoms with van der Waals surface area (Å²) in [6.45, 7) is 1.37. The van der Waals surface area contributed by atoms with Crippen molar-refractivity contribution in [3.63, 3.8) is 0 Å². The van der Waals surface area contributed by atoms with Gasteiger partial charge >= 0.3 is 5.97 Å². The first-order valence-electron chi connectivity index (χ1n) is 6.83. The SMILES string of the molecule is O=C(O)c1ccc(CCNCc2ccccc2)cc1[N+](=O)[O-]. The van der Waals surface area contributed by atoms with Crippen LogP contribution in [0.15, 0.2) is 48.5 Å². The molecule has 0 aromatic heterocycles. The Morgan fingerprint density at radius 2 is 1.86 bits per heavy atom. The van der Waals surface area contributed by atoms with E-state index in [2.05, 4.69) is 5.32 Å². The zero-order valence-corrected chi connectivity index (χ0v) is 11.9. The number of nitrogens with one attached hydrogen (secondary N) is 1. The first-order chi connectivity index (χ1) is 10.6. The zero-order chi connectivity index (χ0) is 15.9. The smallest absolute Gasteiger partial charge is 0.342 e. The molecule has 22 heavy (non-hydrogen) atoms. The van der Waals surface area contributed by atoms with Crippen LogP contribution < -0.4 is 5.32 Å². The van der Waals surface area contributed by atoms with Crippen molar-refractivity contribution in [3.05, 3.63) is 75.3 Å². The quantitative estimate of drug-likeness (QED) is 0.466. The van der Waals surface area contributed by atoms with Crippen LogP contribution in [0.5, 0.6) is 0 Å². The van der Waals surface area contributed by atoms with Gasteiger partial charge in [0.25, 0.3) is 5.69 Å². The van der Waals surface area contributed by atoms with Crippen LogP contribution in [-0.4, -0.2) is 22.5 Å². The number of carboxylic acids is 1. The number of aromatic carboxylic acids is 1. The highest BCUT2D eigenvalue weighted by molar-refractivity contribution is 5.92. The van der Waals surface area contributed by atoms with Gasteiger partial charge in [-0.15, -0.1) is 0 Å². The highest BCUT2D eigenvalue weighted by Gasteiger charge is 2.19. The van der Waals surface area contributed by atoms with Gasteiger partial charge in [-0.05, 0) is 30.2 Å². The lowest BCUT2D eigenvalue weighted by molar-refractivity contribution is -0.385. The summed E-state index contributed by atoms with van der Waals surface area (Å²) in [5.41, 5.74) is 1.24. The standard InChI is InChI=1S/C16H16N2O4/c19-16(20)14-7-6-12(10-15(14)18(21)22)8-9-17-11-13-4-2-1-3-5-13/h1-7,10,17H,8-9,11H2,(H,19,20). The Hall–Kier alpha value is -2.73. The number of carboxylic acid groups (broad SMARTS) is 1. The van der Waals surface area contributed by atoms with Crippen LogP contribution in [0.4, 0.5) is 5.69 Å². The van der Waals surface area contributed by atoms with E-state index in [0.717, 1.165) is 17.7 Å². The predicted octanol–water partition coefficient (Wildman–Crippen LogP) is 2.63. The van der Waals surface area contributed by atoms with Gasteiger partial charge in [0.05, 0.1) is 4.92 Å². The van der Waals surface area contributed by atoms with E-state index >= 15 is 0 Å². The molecule has 6 nitrogen and oxygen atoms in total.